The van der Waals surface area contributed by atoms with Crippen molar-refractivity contribution in [3.63, 3.8) is 0 Å². The highest BCUT2D eigenvalue weighted by Crippen LogP contribution is 2.45. The first kappa shape index (κ1) is 20.9. The van der Waals surface area contributed by atoms with Gasteiger partial charge >= 0.3 is 12.1 Å². The summed E-state index contributed by atoms with van der Waals surface area (Å²) >= 11 is 7.78. The first-order chi connectivity index (χ1) is 15.4. The number of alkyl carbamates (subject to hydrolysis) is 1. The summed E-state index contributed by atoms with van der Waals surface area (Å²) < 4.78 is 24.3. The van der Waals surface area contributed by atoms with Crippen LogP contribution < -0.4 is 5.32 Å². The number of rotatable bonds is 4. The van der Waals surface area contributed by atoms with E-state index in [0.29, 0.717) is 40.6 Å². The normalized spacial score (nSPS) is 24.3. The van der Waals surface area contributed by atoms with E-state index in [1.807, 2.05) is 10.3 Å². The van der Waals surface area contributed by atoms with E-state index in [-0.39, 0.29) is 18.2 Å². The lowest BCUT2D eigenvalue weighted by Gasteiger charge is -2.31. The predicted octanol–water partition coefficient (Wildman–Crippen LogP) is 3.44. The highest BCUT2D eigenvalue weighted by Gasteiger charge is 2.52. The maximum absolute atomic E-state index is 13.7. The summed E-state index contributed by atoms with van der Waals surface area (Å²) in [7, 11) is 0. The zero-order valence-electron chi connectivity index (χ0n) is 16.9. The zero-order chi connectivity index (χ0) is 22.5. The Morgan fingerprint density at radius 3 is 3.00 bits per heavy atom. The molecule has 1 aromatic carbocycles. The van der Waals surface area contributed by atoms with Gasteiger partial charge in [-0.3, -0.25) is 4.99 Å². The minimum absolute atomic E-state index is 0.151. The van der Waals surface area contributed by atoms with Crippen LogP contribution in [0.4, 0.5) is 9.18 Å². The molecule has 3 aliphatic heterocycles. The summed E-state index contributed by atoms with van der Waals surface area (Å²) in [5.41, 5.74) is 0.729. The number of nitrogens with one attached hydrogen (secondary N) is 1. The van der Waals surface area contributed by atoms with Crippen LogP contribution in [0.1, 0.15) is 30.0 Å². The summed E-state index contributed by atoms with van der Waals surface area (Å²) in [5.74, 6) is -0.482. The smallest absolute Gasteiger partial charge is 0.407 e. The molecule has 2 aromatic rings. The van der Waals surface area contributed by atoms with E-state index < -0.39 is 29.5 Å². The Balaban J connectivity index is 1.70. The molecule has 0 saturated carbocycles. The number of ether oxygens (including phenoxy) is 2. The Labute approximate surface area is 191 Å². The second kappa shape index (κ2) is 7.86. The van der Waals surface area contributed by atoms with Crippen LogP contribution >= 0.6 is 22.9 Å². The number of carbonyl (C=O) groups is 2. The standard InChI is InChI=1S/C21H18ClFN4O4S/c1-2-30-19(28)15-14-8-21(10-31-20(29)26-21)9-27(14)17(18-24-5-6-32-18)25-16(15)12-4-3-11(23)7-13(12)22/h3-7,16H,2,8-10H2,1H3,(H,26,29)/t16-,21-/m0/s1. The van der Waals surface area contributed by atoms with Gasteiger partial charge in [0, 0.05) is 34.3 Å². The number of fused-ring (bicyclic) bond motifs is 1. The number of hydrogen-bond donors (Lipinski definition) is 1. The Kier molecular flexibility index (Phi) is 5.13. The average Bonchev–Trinajstić information content (AvgIpc) is 3.47. The predicted molar refractivity (Wildman–Crippen MR) is 115 cm³/mol. The topological polar surface area (TPSA) is 93.1 Å². The van der Waals surface area contributed by atoms with Crippen LogP contribution in [0.25, 0.3) is 0 Å². The monoisotopic (exact) mass is 476 g/mol. The number of thiazole rings is 1. The maximum atomic E-state index is 13.7. The third-order valence-corrected chi connectivity index (χ3v) is 6.70. The molecule has 1 amide bonds. The molecule has 8 nitrogen and oxygen atoms in total. The van der Waals surface area contributed by atoms with E-state index in [1.54, 1.807) is 13.1 Å². The van der Waals surface area contributed by atoms with Crippen LogP contribution in [0.15, 0.2) is 46.0 Å². The van der Waals surface area contributed by atoms with Crippen molar-refractivity contribution in [3.8, 4) is 0 Å². The lowest BCUT2D eigenvalue weighted by Crippen LogP contribution is -2.47. The van der Waals surface area contributed by atoms with Gasteiger partial charge in [0.2, 0.25) is 0 Å². The van der Waals surface area contributed by atoms with E-state index in [1.165, 1.54) is 29.5 Å². The minimum atomic E-state index is -0.819. The van der Waals surface area contributed by atoms with Gasteiger partial charge in [0.15, 0.2) is 10.8 Å². The van der Waals surface area contributed by atoms with E-state index in [9.17, 15) is 14.0 Å². The number of benzene rings is 1. The Morgan fingerprint density at radius 2 is 2.34 bits per heavy atom. The fourth-order valence-electron chi connectivity index (χ4n) is 4.29. The molecule has 11 heteroatoms. The van der Waals surface area contributed by atoms with Gasteiger partial charge in [-0.05, 0) is 19.1 Å². The molecular weight excluding hydrogens is 459 g/mol. The number of cyclic esters (lactones) is 1. The number of aliphatic imine (C=N–C) groups is 1. The summed E-state index contributed by atoms with van der Waals surface area (Å²) in [6.07, 6.45) is 1.50. The third kappa shape index (κ3) is 3.43. The lowest BCUT2D eigenvalue weighted by atomic mass is 9.92. The number of nitrogens with zero attached hydrogens (tertiary/aromatic N) is 3. The van der Waals surface area contributed by atoms with Crippen molar-refractivity contribution in [2.75, 3.05) is 19.8 Å². The van der Waals surface area contributed by atoms with Gasteiger partial charge in [0.25, 0.3) is 0 Å². The zero-order valence-corrected chi connectivity index (χ0v) is 18.5. The summed E-state index contributed by atoms with van der Waals surface area (Å²) in [5, 5.41) is 5.51. The van der Waals surface area contributed by atoms with Crippen LogP contribution in [-0.2, 0) is 14.3 Å². The molecule has 4 heterocycles. The second-order valence-electron chi connectivity index (χ2n) is 7.68. The van der Waals surface area contributed by atoms with Crippen molar-refractivity contribution < 1.29 is 23.5 Å². The maximum Gasteiger partial charge on any atom is 0.407 e. The quantitative estimate of drug-likeness (QED) is 0.679. The van der Waals surface area contributed by atoms with Crippen molar-refractivity contribution in [1.82, 2.24) is 15.2 Å². The molecule has 0 bridgehead atoms. The minimum Gasteiger partial charge on any atom is -0.463 e. The van der Waals surface area contributed by atoms with Gasteiger partial charge in [-0.1, -0.05) is 17.7 Å². The van der Waals surface area contributed by atoms with Crippen LogP contribution in [0, 0.1) is 5.82 Å². The molecule has 2 saturated heterocycles. The van der Waals surface area contributed by atoms with Gasteiger partial charge in [0.1, 0.15) is 24.0 Å². The summed E-state index contributed by atoms with van der Waals surface area (Å²) in [6, 6.07) is 3.17. The molecule has 0 aliphatic carbocycles. The van der Waals surface area contributed by atoms with Crippen molar-refractivity contribution >= 4 is 40.8 Å². The van der Waals surface area contributed by atoms with E-state index in [0.717, 1.165) is 0 Å². The van der Waals surface area contributed by atoms with Gasteiger partial charge in [-0.15, -0.1) is 11.3 Å². The first-order valence-corrected chi connectivity index (χ1v) is 11.2. The number of aromatic nitrogens is 1. The van der Waals surface area contributed by atoms with Crippen LogP contribution in [-0.4, -0.2) is 53.1 Å². The molecule has 5 rings (SSSR count). The molecular formula is C21H18ClFN4O4S. The van der Waals surface area contributed by atoms with Crippen molar-refractivity contribution in [3.05, 3.63) is 62.5 Å². The number of carbonyl (C=O) groups excluding carboxylic acids is 2. The second-order valence-corrected chi connectivity index (χ2v) is 8.99. The molecule has 166 valence electrons. The Bertz CT molecular complexity index is 1170. The van der Waals surface area contributed by atoms with Crippen molar-refractivity contribution in [1.29, 1.82) is 0 Å². The van der Waals surface area contributed by atoms with Gasteiger partial charge < -0.3 is 19.7 Å². The molecule has 3 aliphatic rings. The van der Waals surface area contributed by atoms with Gasteiger partial charge in [-0.2, -0.15) is 0 Å². The van der Waals surface area contributed by atoms with Gasteiger partial charge in [-0.25, -0.2) is 19.0 Å². The molecule has 2 atom stereocenters. The van der Waals surface area contributed by atoms with Crippen LogP contribution in [0.5, 0.6) is 0 Å². The fourth-order valence-corrected chi connectivity index (χ4v) is 5.20. The van der Waals surface area contributed by atoms with E-state index >= 15 is 0 Å². The number of hydrogen-bond acceptors (Lipinski definition) is 8. The summed E-state index contributed by atoms with van der Waals surface area (Å²) in [6.45, 7) is 2.41. The highest BCUT2D eigenvalue weighted by atomic mass is 35.5. The van der Waals surface area contributed by atoms with Crippen molar-refractivity contribution in [2.45, 2.75) is 24.9 Å². The number of amidine groups is 1. The average molecular weight is 477 g/mol. The molecule has 1 N–H and O–H groups in total. The SMILES string of the molecule is CCOC(=O)C1=C2C[C@@]3(COC(=O)N3)CN2C(c2nccs2)=N[C@H]1c1ccc(F)cc1Cl. The molecule has 2 fully saturated rings. The lowest BCUT2D eigenvalue weighted by molar-refractivity contribution is -0.139. The van der Waals surface area contributed by atoms with Gasteiger partial charge in [0.05, 0.1) is 18.7 Å². The molecule has 0 unspecified atom stereocenters. The largest absolute Gasteiger partial charge is 0.463 e. The Hall–Kier alpha value is -2.98. The third-order valence-electron chi connectivity index (χ3n) is 5.61. The summed E-state index contributed by atoms with van der Waals surface area (Å²) in [4.78, 5) is 36.1. The molecule has 32 heavy (non-hydrogen) atoms. The Morgan fingerprint density at radius 1 is 1.50 bits per heavy atom. The van der Waals surface area contributed by atoms with E-state index in [4.69, 9.17) is 26.1 Å². The molecule has 1 spiro atoms. The highest BCUT2D eigenvalue weighted by molar-refractivity contribution is 7.11. The number of amides is 1. The number of halogens is 2. The van der Waals surface area contributed by atoms with Crippen LogP contribution in [0.2, 0.25) is 5.02 Å². The number of esters is 1. The fraction of sp³-hybridized carbons (Fsp3) is 0.333. The molecule has 0 radical (unpaired) electrons. The van der Waals surface area contributed by atoms with Crippen LogP contribution in [0.3, 0.4) is 0 Å². The van der Waals surface area contributed by atoms with E-state index in [2.05, 4.69) is 10.3 Å². The molecule has 1 aromatic heterocycles. The van der Waals surface area contributed by atoms with Crippen molar-refractivity contribution in [2.24, 2.45) is 4.99 Å². The first-order valence-electron chi connectivity index (χ1n) is 9.96.